The van der Waals surface area contributed by atoms with Crippen LogP contribution in [-0.4, -0.2) is 51.5 Å². The van der Waals surface area contributed by atoms with Crippen molar-refractivity contribution in [1.82, 2.24) is 15.6 Å². The Labute approximate surface area is 202 Å². The topological polar surface area (TPSA) is 103 Å². The SMILES string of the molecule is CC(C)c1ccc(S(=O)(=O)Nc2cnc(N3CCNCC3)c(C(=O)NC3CCCCC3)c2)cc1. The standard InChI is InChI=1S/C25H35N5O3S/c1-18(2)19-8-10-22(11-9-19)34(32,33)29-21-16-23(25(31)28-20-6-4-3-5-7-20)24(27-17-21)30-14-12-26-13-15-30/h8-11,16-18,20,26,29H,3-7,12-15H2,1-2H3,(H,28,31). The normalized spacial score (nSPS) is 17.6. The highest BCUT2D eigenvalue weighted by atomic mass is 32.2. The van der Waals surface area contributed by atoms with E-state index < -0.39 is 10.0 Å². The summed E-state index contributed by atoms with van der Waals surface area (Å²) in [5, 5.41) is 6.46. The van der Waals surface area contributed by atoms with Gasteiger partial charge in [-0.3, -0.25) is 9.52 Å². The van der Waals surface area contributed by atoms with Crippen molar-refractivity contribution in [2.75, 3.05) is 35.8 Å². The van der Waals surface area contributed by atoms with Gasteiger partial charge in [0.1, 0.15) is 5.82 Å². The van der Waals surface area contributed by atoms with Gasteiger partial charge in [0.15, 0.2) is 0 Å². The molecule has 0 radical (unpaired) electrons. The minimum Gasteiger partial charge on any atom is -0.353 e. The van der Waals surface area contributed by atoms with E-state index in [0.717, 1.165) is 57.4 Å². The average Bonchev–Trinajstić information content (AvgIpc) is 2.85. The van der Waals surface area contributed by atoms with Crippen molar-refractivity contribution in [2.24, 2.45) is 0 Å². The van der Waals surface area contributed by atoms with Gasteiger partial charge in [-0.05, 0) is 42.5 Å². The number of hydrogen-bond donors (Lipinski definition) is 3. The lowest BCUT2D eigenvalue weighted by molar-refractivity contribution is 0.0928. The molecule has 0 bridgehead atoms. The molecule has 2 aromatic rings. The molecule has 184 valence electrons. The molecular formula is C25H35N5O3S. The summed E-state index contributed by atoms with van der Waals surface area (Å²) >= 11 is 0. The molecule has 1 saturated carbocycles. The van der Waals surface area contributed by atoms with Gasteiger partial charge in [-0.1, -0.05) is 45.2 Å². The van der Waals surface area contributed by atoms with Crippen molar-refractivity contribution in [3.8, 4) is 0 Å². The Kier molecular flexibility index (Phi) is 7.73. The molecule has 1 aliphatic carbocycles. The number of rotatable bonds is 7. The maximum atomic E-state index is 13.3. The maximum Gasteiger partial charge on any atom is 0.261 e. The molecule has 0 unspecified atom stereocenters. The Morgan fingerprint density at radius 2 is 1.76 bits per heavy atom. The molecule has 1 saturated heterocycles. The van der Waals surface area contributed by atoms with Crippen molar-refractivity contribution < 1.29 is 13.2 Å². The van der Waals surface area contributed by atoms with E-state index in [0.29, 0.717) is 17.3 Å². The summed E-state index contributed by atoms with van der Waals surface area (Å²) in [4.78, 5) is 20.1. The van der Waals surface area contributed by atoms with Crippen LogP contribution in [0.2, 0.25) is 0 Å². The van der Waals surface area contributed by atoms with Gasteiger partial charge in [-0.25, -0.2) is 13.4 Å². The Balaban J connectivity index is 1.59. The van der Waals surface area contributed by atoms with Crippen LogP contribution in [0.25, 0.3) is 0 Å². The fourth-order valence-corrected chi connectivity index (χ4v) is 5.60. The van der Waals surface area contributed by atoms with Gasteiger partial charge >= 0.3 is 0 Å². The first-order chi connectivity index (χ1) is 16.3. The van der Waals surface area contributed by atoms with Crippen molar-refractivity contribution >= 4 is 27.4 Å². The van der Waals surface area contributed by atoms with Crippen LogP contribution in [0, 0.1) is 0 Å². The van der Waals surface area contributed by atoms with Crippen molar-refractivity contribution in [3.63, 3.8) is 0 Å². The molecule has 2 aliphatic rings. The molecule has 1 aliphatic heterocycles. The van der Waals surface area contributed by atoms with Crippen molar-refractivity contribution in [3.05, 3.63) is 47.7 Å². The lowest BCUT2D eigenvalue weighted by atomic mass is 9.95. The number of amides is 1. The monoisotopic (exact) mass is 485 g/mol. The third-order valence-corrected chi connectivity index (χ3v) is 7.97. The predicted octanol–water partition coefficient (Wildman–Crippen LogP) is 3.48. The Hall–Kier alpha value is -2.65. The molecule has 9 heteroatoms. The molecule has 2 heterocycles. The summed E-state index contributed by atoms with van der Waals surface area (Å²) in [6.07, 6.45) is 6.87. The van der Waals surface area contributed by atoms with Gasteiger partial charge in [0, 0.05) is 32.2 Å². The number of piperazine rings is 1. The van der Waals surface area contributed by atoms with Crippen LogP contribution >= 0.6 is 0 Å². The van der Waals surface area contributed by atoms with Gasteiger partial charge < -0.3 is 15.5 Å². The first-order valence-corrected chi connectivity index (χ1v) is 13.7. The van der Waals surface area contributed by atoms with Crippen LogP contribution in [-0.2, 0) is 10.0 Å². The van der Waals surface area contributed by atoms with E-state index >= 15 is 0 Å². The van der Waals surface area contributed by atoms with Gasteiger partial charge in [0.25, 0.3) is 15.9 Å². The first-order valence-electron chi connectivity index (χ1n) is 12.2. The van der Waals surface area contributed by atoms with Crippen LogP contribution in [0.4, 0.5) is 11.5 Å². The number of sulfonamides is 1. The Morgan fingerprint density at radius 1 is 1.09 bits per heavy atom. The number of nitrogens with zero attached hydrogens (tertiary/aromatic N) is 2. The number of carbonyl (C=O) groups is 1. The summed E-state index contributed by atoms with van der Waals surface area (Å²) in [5.74, 6) is 0.714. The third kappa shape index (κ3) is 5.88. The molecule has 2 fully saturated rings. The number of benzene rings is 1. The van der Waals surface area contributed by atoms with E-state index in [1.807, 2.05) is 12.1 Å². The van der Waals surface area contributed by atoms with E-state index in [1.54, 1.807) is 18.2 Å². The van der Waals surface area contributed by atoms with Gasteiger partial charge in [-0.15, -0.1) is 0 Å². The minimum absolute atomic E-state index is 0.150. The second-order valence-corrected chi connectivity index (χ2v) is 11.2. The van der Waals surface area contributed by atoms with E-state index in [-0.39, 0.29) is 22.5 Å². The number of aromatic nitrogens is 1. The number of pyridine rings is 1. The van der Waals surface area contributed by atoms with E-state index in [2.05, 4.69) is 39.1 Å². The van der Waals surface area contributed by atoms with Crippen molar-refractivity contribution in [1.29, 1.82) is 0 Å². The van der Waals surface area contributed by atoms with Gasteiger partial charge in [0.2, 0.25) is 0 Å². The molecule has 34 heavy (non-hydrogen) atoms. The largest absolute Gasteiger partial charge is 0.353 e. The lowest BCUT2D eigenvalue weighted by Gasteiger charge is -2.30. The van der Waals surface area contributed by atoms with Crippen LogP contribution in [0.5, 0.6) is 0 Å². The zero-order chi connectivity index (χ0) is 24.1. The van der Waals surface area contributed by atoms with Gasteiger partial charge in [-0.2, -0.15) is 0 Å². The Bertz CT molecular complexity index is 1090. The van der Waals surface area contributed by atoms with Crippen LogP contribution in [0.3, 0.4) is 0 Å². The van der Waals surface area contributed by atoms with Crippen LogP contribution in [0.15, 0.2) is 41.4 Å². The zero-order valence-electron chi connectivity index (χ0n) is 20.0. The molecule has 1 aromatic carbocycles. The minimum atomic E-state index is -3.81. The summed E-state index contributed by atoms with van der Waals surface area (Å²) in [5.41, 5.74) is 1.76. The molecule has 8 nitrogen and oxygen atoms in total. The fourth-order valence-electron chi connectivity index (χ4n) is 4.57. The van der Waals surface area contributed by atoms with Gasteiger partial charge in [0.05, 0.1) is 22.3 Å². The van der Waals surface area contributed by atoms with E-state index in [4.69, 9.17) is 0 Å². The quantitative estimate of drug-likeness (QED) is 0.555. The second-order valence-electron chi connectivity index (χ2n) is 9.47. The fraction of sp³-hybridized carbons (Fsp3) is 0.520. The lowest BCUT2D eigenvalue weighted by Crippen LogP contribution is -2.45. The second kappa shape index (κ2) is 10.7. The highest BCUT2D eigenvalue weighted by Crippen LogP contribution is 2.26. The highest BCUT2D eigenvalue weighted by Gasteiger charge is 2.24. The van der Waals surface area contributed by atoms with Crippen LogP contribution < -0.4 is 20.3 Å². The van der Waals surface area contributed by atoms with E-state index in [9.17, 15) is 13.2 Å². The summed E-state index contributed by atoms with van der Waals surface area (Å²) in [6, 6.07) is 8.63. The predicted molar refractivity (Wildman–Crippen MR) is 135 cm³/mol. The average molecular weight is 486 g/mol. The van der Waals surface area contributed by atoms with E-state index in [1.165, 1.54) is 12.6 Å². The number of carbonyl (C=O) groups excluding carboxylic acids is 1. The maximum absolute atomic E-state index is 13.3. The number of nitrogens with one attached hydrogen (secondary N) is 3. The number of hydrogen-bond acceptors (Lipinski definition) is 6. The highest BCUT2D eigenvalue weighted by molar-refractivity contribution is 7.92. The molecule has 4 rings (SSSR count). The third-order valence-electron chi connectivity index (χ3n) is 6.58. The molecule has 1 amide bonds. The molecule has 3 N–H and O–H groups in total. The summed E-state index contributed by atoms with van der Waals surface area (Å²) in [7, 11) is -3.81. The number of anilines is 2. The Morgan fingerprint density at radius 3 is 2.41 bits per heavy atom. The zero-order valence-corrected chi connectivity index (χ0v) is 20.8. The smallest absolute Gasteiger partial charge is 0.261 e. The molecule has 1 aromatic heterocycles. The van der Waals surface area contributed by atoms with Crippen molar-refractivity contribution in [2.45, 2.75) is 62.8 Å². The molecule has 0 spiro atoms. The summed E-state index contributed by atoms with van der Waals surface area (Å²) in [6.45, 7) is 7.23. The summed E-state index contributed by atoms with van der Waals surface area (Å²) < 4.78 is 28.6. The molecular weight excluding hydrogens is 450 g/mol. The first kappa shape index (κ1) is 24.5. The van der Waals surface area contributed by atoms with Crippen LogP contribution in [0.1, 0.15) is 67.8 Å². The molecule has 0 atom stereocenters.